The molecule has 0 aliphatic carbocycles. The van der Waals surface area contributed by atoms with Crippen LogP contribution in [0.25, 0.3) is 16.6 Å². The zero-order valence-electron chi connectivity index (χ0n) is 17.6. The third kappa shape index (κ3) is 3.08. The fraction of sp³-hybridized carbons (Fsp3) is 0.0769. The molecule has 33 heavy (non-hydrogen) atoms. The maximum Gasteiger partial charge on any atom is 0.263 e. The van der Waals surface area contributed by atoms with Crippen molar-refractivity contribution in [2.75, 3.05) is 7.11 Å². The highest BCUT2D eigenvalue weighted by Gasteiger charge is 2.36. The molecule has 0 saturated carbocycles. The minimum Gasteiger partial charge on any atom is -0.504 e. The van der Waals surface area contributed by atoms with Crippen LogP contribution in [0.3, 0.4) is 0 Å². The van der Waals surface area contributed by atoms with E-state index in [0.29, 0.717) is 27.9 Å². The Labute approximate surface area is 189 Å². The normalized spacial score (nSPS) is 15.0. The van der Waals surface area contributed by atoms with Crippen molar-refractivity contribution < 1.29 is 14.6 Å². The first-order chi connectivity index (χ1) is 16.0. The highest BCUT2D eigenvalue weighted by molar-refractivity contribution is 5.89. The predicted molar refractivity (Wildman–Crippen MR) is 124 cm³/mol. The number of nitrogens with zero attached hydrogens (tertiary/aromatic N) is 2. The summed E-state index contributed by atoms with van der Waals surface area (Å²) in [5, 5.41) is 20.7. The molecule has 3 N–H and O–H groups in total. The third-order valence-electron chi connectivity index (χ3n) is 5.79. The molecular weight excluding hydrogens is 418 g/mol. The minimum absolute atomic E-state index is 0.0517. The van der Waals surface area contributed by atoms with E-state index in [0.717, 1.165) is 0 Å². The summed E-state index contributed by atoms with van der Waals surface area (Å²) in [4.78, 5) is 14.0. The maximum absolute atomic E-state index is 14.0. The van der Waals surface area contributed by atoms with Gasteiger partial charge in [0.2, 0.25) is 5.88 Å². The van der Waals surface area contributed by atoms with E-state index >= 15 is 0 Å². The maximum atomic E-state index is 14.0. The molecule has 0 bridgehead atoms. The molecule has 0 saturated heterocycles. The Bertz CT molecular complexity index is 1530. The summed E-state index contributed by atoms with van der Waals surface area (Å²) in [6.07, 6.45) is 0. The van der Waals surface area contributed by atoms with Crippen LogP contribution in [0.5, 0.6) is 17.2 Å². The van der Waals surface area contributed by atoms with E-state index in [9.17, 15) is 15.2 Å². The van der Waals surface area contributed by atoms with Gasteiger partial charge in [0.05, 0.1) is 24.1 Å². The molecule has 0 radical (unpaired) electrons. The highest BCUT2D eigenvalue weighted by atomic mass is 16.5. The first kappa shape index (κ1) is 20.2. The summed E-state index contributed by atoms with van der Waals surface area (Å²) in [6.45, 7) is 0. The van der Waals surface area contributed by atoms with Gasteiger partial charge in [-0.05, 0) is 42.0 Å². The van der Waals surface area contributed by atoms with Gasteiger partial charge in [-0.25, -0.2) is 0 Å². The van der Waals surface area contributed by atoms with E-state index in [1.165, 1.54) is 13.2 Å². The Morgan fingerprint density at radius 1 is 1.09 bits per heavy atom. The van der Waals surface area contributed by atoms with Crippen LogP contribution in [0.1, 0.15) is 17.0 Å². The van der Waals surface area contributed by atoms with E-state index in [-0.39, 0.29) is 34.1 Å². The van der Waals surface area contributed by atoms with Crippen molar-refractivity contribution >= 4 is 10.9 Å². The van der Waals surface area contributed by atoms with E-state index in [1.54, 1.807) is 16.7 Å². The lowest BCUT2D eigenvalue weighted by Crippen LogP contribution is -2.31. The van der Waals surface area contributed by atoms with Gasteiger partial charge in [-0.1, -0.05) is 36.4 Å². The number of nitrogens with two attached hydrogens (primary N) is 1. The molecule has 4 aromatic rings. The quantitative estimate of drug-likeness (QED) is 0.503. The first-order valence-corrected chi connectivity index (χ1v) is 10.2. The van der Waals surface area contributed by atoms with Crippen molar-refractivity contribution in [2.24, 2.45) is 5.73 Å². The number of phenols is 1. The van der Waals surface area contributed by atoms with Gasteiger partial charge < -0.3 is 20.3 Å². The van der Waals surface area contributed by atoms with Crippen molar-refractivity contribution in [2.45, 2.75) is 5.92 Å². The number of allylic oxidation sites excluding steroid dienone is 1. The lowest BCUT2D eigenvalue weighted by atomic mass is 9.83. The van der Waals surface area contributed by atoms with Crippen molar-refractivity contribution in [3.05, 3.63) is 106 Å². The zero-order valence-corrected chi connectivity index (χ0v) is 17.6. The van der Waals surface area contributed by atoms with Crippen LogP contribution < -0.4 is 20.8 Å². The number of para-hydroxylation sites is 2. The Hall–Kier alpha value is -4.70. The molecule has 1 unspecified atom stereocenters. The molecule has 162 valence electrons. The second-order valence-electron chi connectivity index (χ2n) is 7.59. The number of ether oxygens (including phenoxy) is 2. The Balaban J connectivity index is 1.91. The number of rotatable bonds is 3. The molecule has 2 heterocycles. The van der Waals surface area contributed by atoms with Gasteiger partial charge in [-0.3, -0.25) is 9.36 Å². The summed E-state index contributed by atoms with van der Waals surface area (Å²) in [7, 11) is 1.43. The van der Waals surface area contributed by atoms with Gasteiger partial charge in [0, 0.05) is 11.1 Å². The van der Waals surface area contributed by atoms with Gasteiger partial charge in [-0.2, -0.15) is 5.26 Å². The van der Waals surface area contributed by atoms with Crippen LogP contribution in [-0.4, -0.2) is 16.8 Å². The molecule has 0 amide bonds. The Kier molecular flexibility index (Phi) is 4.76. The van der Waals surface area contributed by atoms with Crippen LogP contribution in [0.15, 0.2) is 89.0 Å². The van der Waals surface area contributed by atoms with Gasteiger partial charge in [0.15, 0.2) is 11.5 Å². The standard InChI is InChI=1S/C26H19N3O4/c1-32-21-13-15(11-12-20(21)30)22-18(14-27)25(28)33-24-17-9-5-6-10-19(17)29(26(31)23(22)24)16-7-3-2-4-8-16/h2-13,22,30H,28H2,1H3. The number of benzene rings is 3. The van der Waals surface area contributed by atoms with E-state index in [4.69, 9.17) is 15.2 Å². The van der Waals surface area contributed by atoms with Crippen LogP contribution >= 0.6 is 0 Å². The van der Waals surface area contributed by atoms with Gasteiger partial charge in [-0.15, -0.1) is 0 Å². The number of hydrogen-bond acceptors (Lipinski definition) is 6. The number of fused-ring (bicyclic) bond motifs is 3. The van der Waals surface area contributed by atoms with E-state index in [2.05, 4.69) is 6.07 Å². The van der Waals surface area contributed by atoms with Crippen LogP contribution in [0.4, 0.5) is 0 Å². The summed E-state index contributed by atoms with van der Waals surface area (Å²) >= 11 is 0. The lowest BCUT2D eigenvalue weighted by molar-refractivity contribution is 0.372. The second kappa shape index (κ2) is 7.77. The van der Waals surface area contributed by atoms with Gasteiger partial charge >= 0.3 is 0 Å². The number of phenolic OH excluding ortho intramolecular Hbond substituents is 1. The molecular formula is C26H19N3O4. The van der Waals surface area contributed by atoms with Gasteiger partial charge in [0.25, 0.3) is 5.56 Å². The Morgan fingerprint density at radius 3 is 2.55 bits per heavy atom. The molecule has 0 fully saturated rings. The average Bonchev–Trinajstić information content (AvgIpc) is 2.84. The van der Waals surface area contributed by atoms with Crippen molar-refractivity contribution in [3.63, 3.8) is 0 Å². The number of methoxy groups -OCH3 is 1. The summed E-state index contributed by atoms with van der Waals surface area (Å²) in [6, 6.07) is 23.5. The molecule has 3 aromatic carbocycles. The van der Waals surface area contributed by atoms with Crippen LogP contribution in [0.2, 0.25) is 0 Å². The van der Waals surface area contributed by atoms with Crippen LogP contribution in [-0.2, 0) is 0 Å². The molecule has 1 aliphatic rings. The Morgan fingerprint density at radius 2 is 1.82 bits per heavy atom. The molecule has 1 atom stereocenters. The summed E-state index contributed by atoms with van der Waals surface area (Å²) in [5.41, 5.74) is 8.15. The van der Waals surface area contributed by atoms with Crippen molar-refractivity contribution in [1.82, 2.24) is 4.57 Å². The summed E-state index contributed by atoms with van der Waals surface area (Å²) in [5.74, 6) is -0.384. The first-order valence-electron chi connectivity index (χ1n) is 10.2. The molecule has 7 nitrogen and oxygen atoms in total. The average molecular weight is 437 g/mol. The fourth-order valence-electron chi connectivity index (χ4n) is 4.31. The lowest BCUT2D eigenvalue weighted by Gasteiger charge is -2.28. The minimum atomic E-state index is -0.805. The summed E-state index contributed by atoms with van der Waals surface area (Å²) < 4.78 is 12.8. The zero-order chi connectivity index (χ0) is 23.1. The largest absolute Gasteiger partial charge is 0.504 e. The monoisotopic (exact) mass is 437 g/mol. The SMILES string of the molecule is COc1cc(C2C(C#N)=C(N)Oc3c2c(=O)n(-c2ccccc2)c2ccccc32)ccc1O. The molecule has 5 rings (SSSR count). The fourth-order valence-corrected chi connectivity index (χ4v) is 4.31. The highest BCUT2D eigenvalue weighted by Crippen LogP contribution is 2.45. The van der Waals surface area contributed by atoms with E-state index < -0.39 is 5.92 Å². The molecule has 1 aromatic heterocycles. The number of hydrogen-bond donors (Lipinski definition) is 2. The van der Waals surface area contributed by atoms with Crippen molar-refractivity contribution in [3.8, 4) is 29.0 Å². The smallest absolute Gasteiger partial charge is 0.263 e. The number of pyridine rings is 1. The third-order valence-corrected chi connectivity index (χ3v) is 5.79. The number of aromatic hydroxyl groups is 1. The van der Waals surface area contributed by atoms with Crippen molar-refractivity contribution in [1.29, 1.82) is 5.26 Å². The molecule has 7 heteroatoms. The predicted octanol–water partition coefficient (Wildman–Crippen LogP) is 3.92. The van der Waals surface area contributed by atoms with E-state index in [1.807, 2.05) is 54.6 Å². The topological polar surface area (TPSA) is 111 Å². The number of nitriles is 1. The second-order valence-corrected chi connectivity index (χ2v) is 7.59. The van der Waals surface area contributed by atoms with Gasteiger partial charge in [0.1, 0.15) is 17.4 Å². The van der Waals surface area contributed by atoms with Crippen LogP contribution in [0, 0.1) is 11.3 Å². The molecule has 1 aliphatic heterocycles. The molecule has 0 spiro atoms. The number of aromatic nitrogens is 1.